The Morgan fingerprint density at radius 2 is 2.21 bits per heavy atom. The van der Waals surface area contributed by atoms with Crippen LogP contribution in [0.2, 0.25) is 0 Å². The van der Waals surface area contributed by atoms with E-state index in [1.165, 1.54) is 5.56 Å². The van der Waals surface area contributed by atoms with Gasteiger partial charge < -0.3 is 5.73 Å². The van der Waals surface area contributed by atoms with Gasteiger partial charge in [0.05, 0.1) is 17.6 Å². The van der Waals surface area contributed by atoms with Gasteiger partial charge in [0.1, 0.15) is 0 Å². The van der Waals surface area contributed by atoms with E-state index in [-0.39, 0.29) is 0 Å². The van der Waals surface area contributed by atoms with Crippen molar-refractivity contribution in [2.75, 3.05) is 5.73 Å². The van der Waals surface area contributed by atoms with Crippen LogP contribution in [-0.4, -0.2) is 10.2 Å². The molecule has 0 saturated carbocycles. The molecule has 2 rings (SSSR count). The Kier molecular flexibility index (Phi) is 2.29. The number of nitrogen functional groups attached to an aromatic ring is 1. The number of nitrogens with zero attached hydrogens (tertiary/aromatic N) is 1. The fourth-order valence-electron chi connectivity index (χ4n) is 1.34. The number of aromatic amines is 1. The van der Waals surface area contributed by atoms with Crippen molar-refractivity contribution in [3.63, 3.8) is 0 Å². The van der Waals surface area contributed by atoms with Gasteiger partial charge in [-0.2, -0.15) is 5.10 Å². The summed E-state index contributed by atoms with van der Waals surface area (Å²) in [5.74, 6) is 0. The van der Waals surface area contributed by atoms with Crippen molar-refractivity contribution in [1.29, 1.82) is 0 Å². The summed E-state index contributed by atoms with van der Waals surface area (Å²) in [4.78, 5) is 0. The molecule has 1 heterocycles. The van der Waals surface area contributed by atoms with E-state index in [9.17, 15) is 0 Å². The van der Waals surface area contributed by atoms with E-state index in [4.69, 9.17) is 5.73 Å². The quantitative estimate of drug-likeness (QED) is 0.819. The van der Waals surface area contributed by atoms with Gasteiger partial charge in [0.25, 0.3) is 0 Å². The number of hydrogen-bond donors (Lipinski definition) is 2. The SMILES string of the molecule is Cc1ccc(Br)c(-c2[nH]ncc2N)c1. The largest absolute Gasteiger partial charge is 0.396 e. The number of rotatable bonds is 1. The second kappa shape index (κ2) is 3.46. The number of aryl methyl sites for hydroxylation is 1. The summed E-state index contributed by atoms with van der Waals surface area (Å²) in [5, 5.41) is 6.78. The summed E-state index contributed by atoms with van der Waals surface area (Å²) >= 11 is 3.48. The molecule has 3 nitrogen and oxygen atoms in total. The molecule has 2 aromatic rings. The van der Waals surface area contributed by atoms with E-state index in [0.29, 0.717) is 5.69 Å². The lowest BCUT2D eigenvalue weighted by atomic mass is 10.1. The van der Waals surface area contributed by atoms with Crippen molar-refractivity contribution >= 4 is 21.6 Å². The van der Waals surface area contributed by atoms with Gasteiger partial charge in [-0.3, -0.25) is 5.10 Å². The number of hydrogen-bond acceptors (Lipinski definition) is 2. The zero-order valence-electron chi connectivity index (χ0n) is 7.71. The topological polar surface area (TPSA) is 54.7 Å². The summed E-state index contributed by atoms with van der Waals surface area (Å²) in [6.07, 6.45) is 1.62. The molecule has 4 heteroatoms. The Hall–Kier alpha value is -1.29. The summed E-state index contributed by atoms with van der Waals surface area (Å²) in [5.41, 5.74) is 9.54. The molecule has 0 aliphatic rings. The fourth-order valence-corrected chi connectivity index (χ4v) is 1.79. The van der Waals surface area contributed by atoms with Gasteiger partial charge >= 0.3 is 0 Å². The average molecular weight is 252 g/mol. The Morgan fingerprint density at radius 1 is 1.43 bits per heavy atom. The zero-order chi connectivity index (χ0) is 10.1. The van der Waals surface area contributed by atoms with Gasteiger partial charge in [0, 0.05) is 10.0 Å². The van der Waals surface area contributed by atoms with E-state index in [1.807, 2.05) is 19.1 Å². The molecular weight excluding hydrogens is 242 g/mol. The van der Waals surface area contributed by atoms with Gasteiger partial charge in [-0.1, -0.05) is 27.6 Å². The van der Waals surface area contributed by atoms with Crippen LogP contribution < -0.4 is 5.73 Å². The standard InChI is InChI=1S/C10H10BrN3/c1-6-2-3-8(11)7(4-6)10-9(12)5-13-14-10/h2-5H,12H2,1H3,(H,13,14). The lowest BCUT2D eigenvalue weighted by Crippen LogP contribution is -1.88. The van der Waals surface area contributed by atoms with Gasteiger partial charge in [-0.15, -0.1) is 0 Å². The van der Waals surface area contributed by atoms with E-state index >= 15 is 0 Å². The minimum absolute atomic E-state index is 0.663. The van der Waals surface area contributed by atoms with E-state index in [0.717, 1.165) is 15.7 Å². The summed E-state index contributed by atoms with van der Waals surface area (Å²) < 4.78 is 1.01. The van der Waals surface area contributed by atoms with E-state index in [2.05, 4.69) is 32.2 Å². The lowest BCUT2D eigenvalue weighted by Gasteiger charge is -2.04. The average Bonchev–Trinajstić information content (AvgIpc) is 2.56. The first kappa shape index (κ1) is 9.27. The van der Waals surface area contributed by atoms with Crippen LogP contribution in [0.5, 0.6) is 0 Å². The zero-order valence-corrected chi connectivity index (χ0v) is 9.30. The molecule has 14 heavy (non-hydrogen) atoms. The normalized spacial score (nSPS) is 10.4. The van der Waals surface area contributed by atoms with Crippen LogP contribution in [0.1, 0.15) is 5.56 Å². The third kappa shape index (κ3) is 1.53. The predicted molar refractivity (Wildman–Crippen MR) is 60.9 cm³/mol. The molecule has 0 aliphatic heterocycles. The highest BCUT2D eigenvalue weighted by Crippen LogP contribution is 2.30. The Morgan fingerprint density at radius 3 is 2.86 bits per heavy atom. The van der Waals surface area contributed by atoms with Crippen LogP contribution in [0.4, 0.5) is 5.69 Å². The van der Waals surface area contributed by atoms with Crippen LogP contribution in [0.3, 0.4) is 0 Å². The minimum Gasteiger partial charge on any atom is -0.396 e. The van der Waals surface area contributed by atoms with Crippen LogP contribution >= 0.6 is 15.9 Å². The van der Waals surface area contributed by atoms with Gasteiger partial charge in [-0.05, 0) is 19.1 Å². The number of benzene rings is 1. The first-order valence-electron chi connectivity index (χ1n) is 4.24. The number of nitrogens with two attached hydrogens (primary N) is 1. The minimum atomic E-state index is 0.663. The van der Waals surface area contributed by atoms with E-state index < -0.39 is 0 Å². The molecule has 0 amide bonds. The number of H-pyrrole nitrogens is 1. The highest BCUT2D eigenvalue weighted by atomic mass is 79.9. The smallest absolute Gasteiger partial charge is 0.0891 e. The highest BCUT2D eigenvalue weighted by Gasteiger charge is 2.08. The van der Waals surface area contributed by atoms with Crippen molar-refractivity contribution in [3.8, 4) is 11.3 Å². The van der Waals surface area contributed by atoms with Gasteiger partial charge in [-0.25, -0.2) is 0 Å². The van der Waals surface area contributed by atoms with Crippen LogP contribution in [0.25, 0.3) is 11.3 Å². The number of nitrogens with one attached hydrogen (secondary N) is 1. The molecule has 0 radical (unpaired) electrons. The monoisotopic (exact) mass is 251 g/mol. The van der Waals surface area contributed by atoms with Crippen molar-refractivity contribution in [2.45, 2.75) is 6.92 Å². The van der Waals surface area contributed by atoms with Crippen molar-refractivity contribution in [3.05, 3.63) is 34.4 Å². The fraction of sp³-hybridized carbons (Fsp3) is 0.100. The number of anilines is 1. The molecule has 0 saturated heterocycles. The molecule has 0 aliphatic carbocycles. The van der Waals surface area contributed by atoms with Gasteiger partial charge in [0.2, 0.25) is 0 Å². The number of aromatic nitrogens is 2. The lowest BCUT2D eigenvalue weighted by molar-refractivity contribution is 1.09. The Bertz CT molecular complexity index is 462. The van der Waals surface area contributed by atoms with Crippen LogP contribution in [0.15, 0.2) is 28.9 Å². The van der Waals surface area contributed by atoms with Crippen molar-refractivity contribution in [1.82, 2.24) is 10.2 Å². The molecule has 1 aromatic carbocycles. The molecule has 0 fully saturated rings. The van der Waals surface area contributed by atoms with Gasteiger partial charge in [0.15, 0.2) is 0 Å². The van der Waals surface area contributed by atoms with Crippen molar-refractivity contribution in [2.24, 2.45) is 0 Å². The predicted octanol–water partition coefficient (Wildman–Crippen LogP) is 2.73. The highest BCUT2D eigenvalue weighted by molar-refractivity contribution is 9.10. The first-order chi connectivity index (χ1) is 6.68. The maximum Gasteiger partial charge on any atom is 0.0891 e. The summed E-state index contributed by atoms with van der Waals surface area (Å²) in [7, 11) is 0. The maximum absolute atomic E-state index is 5.78. The molecule has 1 aromatic heterocycles. The van der Waals surface area contributed by atoms with Crippen molar-refractivity contribution < 1.29 is 0 Å². The Labute approximate surface area is 90.5 Å². The first-order valence-corrected chi connectivity index (χ1v) is 5.03. The molecule has 0 bridgehead atoms. The molecule has 72 valence electrons. The number of halogens is 1. The molecule has 3 N–H and O–H groups in total. The third-order valence-electron chi connectivity index (χ3n) is 2.06. The molecule has 0 spiro atoms. The van der Waals surface area contributed by atoms with E-state index in [1.54, 1.807) is 6.20 Å². The molecule has 0 unspecified atom stereocenters. The third-order valence-corrected chi connectivity index (χ3v) is 2.75. The molecular formula is C10H10BrN3. The second-order valence-electron chi connectivity index (χ2n) is 3.18. The summed E-state index contributed by atoms with van der Waals surface area (Å²) in [6, 6.07) is 6.11. The Balaban J connectivity index is 2.62. The summed E-state index contributed by atoms with van der Waals surface area (Å²) in [6.45, 7) is 2.04. The maximum atomic E-state index is 5.78. The molecule has 0 atom stereocenters. The second-order valence-corrected chi connectivity index (χ2v) is 4.04. The van der Waals surface area contributed by atoms with Crippen LogP contribution in [0, 0.1) is 6.92 Å². The van der Waals surface area contributed by atoms with Crippen LogP contribution in [-0.2, 0) is 0 Å².